The van der Waals surface area contributed by atoms with E-state index >= 15 is 0 Å². The van der Waals surface area contributed by atoms with Gasteiger partial charge < -0.3 is 30.7 Å². The minimum Gasteiger partial charge on any atom is -0.459 e. The van der Waals surface area contributed by atoms with E-state index in [0.29, 0.717) is 0 Å². The summed E-state index contributed by atoms with van der Waals surface area (Å²) in [5, 5.41) is 26.8. The number of rotatable bonds is 14. The first-order valence-electron chi connectivity index (χ1n) is 12.4. The van der Waals surface area contributed by atoms with E-state index < -0.39 is 48.9 Å². The van der Waals surface area contributed by atoms with Crippen molar-refractivity contribution in [3.63, 3.8) is 0 Å². The van der Waals surface area contributed by atoms with Crippen molar-refractivity contribution in [1.82, 2.24) is 10.6 Å². The Morgan fingerprint density at radius 1 is 0.769 bits per heavy atom. The first-order chi connectivity index (χ1) is 18.8. The van der Waals surface area contributed by atoms with E-state index in [1.165, 1.54) is 0 Å². The maximum absolute atomic E-state index is 13.4. The first-order valence-corrected chi connectivity index (χ1v) is 12.4. The molecule has 0 unspecified atom stereocenters. The summed E-state index contributed by atoms with van der Waals surface area (Å²) in [5.74, 6) is -1.42. The van der Waals surface area contributed by atoms with Crippen molar-refractivity contribution in [1.29, 1.82) is 0 Å². The van der Waals surface area contributed by atoms with Gasteiger partial charge in [0.2, 0.25) is 5.91 Å². The lowest BCUT2D eigenvalue weighted by atomic mass is 10.0. The maximum atomic E-state index is 13.4. The third-order valence-electron chi connectivity index (χ3n) is 5.89. The first kappa shape index (κ1) is 29.3. The van der Waals surface area contributed by atoms with Crippen LogP contribution >= 0.6 is 0 Å². The van der Waals surface area contributed by atoms with Crippen LogP contribution in [0.5, 0.6) is 0 Å². The number of aliphatic hydroxyl groups is 2. The van der Waals surface area contributed by atoms with Crippen LogP contribution in [-0.2, 0) is 38.6 Å². The molecular formula is C29H33N3O7. The molecule has 10 heteroatoms. The van der Waals surface area contributed by atoms with E-state index in [1.54, 1.807) is 0 Å². The van der Waals surface area contributed by atoms with E-state index in [0.717, 1.165) is 16.7 Å². The van der Waals surface area contributed by atoms with Crippen LogP contribution in [0.4, 0.5) is 4.79 Å². The van der Waals surface area contributed by atoms with E-state index in [2.05, 4.69) is 15.4 Å². The molecule has 3 rings (SSSR count). The lowest BCUT2D eigenvalue weighted by Gasteiger charge is -2.28. The lowest BCUT2D eigenvalue weighted by Crippen LogP contribution is -2.58. The van der Waals surface area contributed by atoms with Gasteiger partial charge in [-0.1, -0.05) is 91.0 Å². The zero-order valence-corrected chi connectivity index (χ0v) is 21.3. The van der Waals surface area contributed by atoms with Gasteiger partial charge in [0, 0.05) is 13.0 Å². The van der Waals surface area contributed by atoms with Crippen molar-refractivity contribution < 1.29 is 34.1 Å². The average molecular weight is 536 g/mol. The summed E-state index contributed by atoms with van der Waals surface area (Å²) < 4.78 is 10.1. The molecule has 0 fully saturated rings. The number of primary amides is 1. The van der Waals surface area contributed by atoms with Crippen molar-refractivity contribution in [2.75, 3.05) is 6.61 Å². The Kier molecular flexibility index (Phi) is 11.4. The van der Waals surface area contributed by atoms with Gasteiger partial charge >= 0.3 is 12.1 Å². The van der Waals surface area contributed by atoms with Gasteiger partial charge in [0.15, 0.2) is 0 Å². The average Bonchev–Trinajstić information content (AvgIpc) is 2.95. The highest BCUT2D eigenvalue weighted by atomic mass is 16.6. The molecule has 2 amide bonds. The van der Waals surface area contributed by atoms with Crippen molar-refractivity contribution >= 4 is 18.0 Å². The standard InChI is InChI=1S/C29H33N3O7/c30-29(37)39-19-24(33)26(34)25(31-17-21-12-6-2-7-13-21)27(35)32-23(16-20-10-4-1-5-11-20)28(36)38-18-22-14-8-3-9-15-22/h1-15,23-26,31,33-34H,16-19H2,(H2,30,37)(H,32,35)/t23-,24-,25-,26+/m0/s1. The van der Waals surface area contributed by atoms with E-state index in [4.69, 9.17) is 10.5 Å². The number of carbonyl (C=O) groups is 3. The molecule has 206 valence electrons. The van der Waals surface area contributed by atoms with Gasteiger partial charge in [-0.3, -0.25) is 10.1 Å². The smallest absolute Gasteiger partial charge is 0.404 e. The third kappa shape index (κ3) is 9.86. The van der Waals surface area contributed by atoms with Crippen LogP contribution in [0.25, 0.3) is 0 Å². The molecule has 4 atom stereocenters. The molecule has 0 aliphatic heterocycles. The van der Waals surface area contributed by atoms with Crippen LogP contribution in [-0.4, -0.2) is 59.1 Å². The third-order valence-corrected chi connectivity index (χ3v) is 5.89. The number of hydrogen-bond donors (Lipinski definition) is 5. The zero-order chi connectivity index (χ0) is 28.0. The van der Waals surface area contributed by atoms with Crippen molar-refractivity contribution in [2.45, 2.75) is 43.9 Å². The number of nitrogens with two attached hydrogens (primary N) is 1. The summed E-state index contributed by atoms with van der Waals surface area (Å²) >= 11 is 0. The van der Waals surface area contributed by atoms with Gasteiger partial charge in [-0.05, 0) is 16.7 Å². The van der Waals surface area contributed by atoms with Gasteiger partial charge in [0.05, 0.1) is 0 Å². The Bertz CT molecular complexity index is 1180. The molecule has 10 nitrogen and oxygen atoms in total. The Balaban J connectivity index is 1.77. The molecule has 0 aromatic heterocycles. The molecule has 0 radical (unpaired) electrons. The molecule has 0 saturated heterocycles. The number of esters is 1. The van der Waals surface area contributed by atoms with Crippen LogP contribution in [0.15, 0.2) is 91.0 Å². The Morgan fingerprint density at radius 2 is 1.31 bits per heavy atom. The molecule has 3 aromatic carbocycles. The van der Waals surface area contributed by atoms with Crippen LogP contribution in [0.1, 0.15) is 16.7 Å². The molecule has 39 heavy (non-hydrogen) atoms. The summed E-state index contributed by atoms with van der Waals surface area (Å²) in [4.78, 5) is 37.5. The summed E-state index contributed by atoms with van der Waals surface area (Å²) in [6.45, 7) is -0.441. The molecule has 0 spiro atoms. The second-order valence-corrected chi connectivity index (χ2v) is 8.88. The minimum atomic E-state index is -1.70. The highest BCUT2D eigenvalue weighted by Gasteiger charge is 2.35. The fourth-order valence-electron chi connectivity index (χ4n) is 3.81. The molecule has 0 aliphatic carbocycles. The largest absolute Gasteiger partial charge is 0.459 e. The van der Waals surface area contributed by atoms with Crippen molar-refractivity contribution in [3.05, 3.63) is 108 Å². The number of amides is 2. The SMILES string of the molecule is NC(=O)OC[C@H](O)[C@@H](O)[C@H](NCc1ccccc1)C(=O)N[C@@H](Cc1ccccc1)C(=O)OCc1ccccc1. The highest BCUT2D eigenvalue weighted by Crippen LogP contribution is 2.10. The van der Waals surface area contributed by atoms with Gasteiger partial charge in [0.25, 0.3) is 0 Å². The minimum absolute atomic E-state index is 0.0162. The molecule has 0 saturated carbocycles. The Labute approximate surface area is 226 Å². The topological polar surface area (TPSA) is 160 Å². The van der Waals surface area contributed by atoms with Gasteiger partial charge in [-0.15, -0.1) is 0 Å². The number of benzene rings is 3. The van der Waals surface area contributed by atoms with Crippen molar-refractivity contribution in [3.8, 4) is 0 Å². The number of nitrogens with one attached hydrogen (secondary N) is 2. The number of hydrogen-bond acceptors (Lipinski definition) is 8. The Hall–Kier alpha value is -4.25. The van der Waals surface area contributed by atoms with Gasteiger partial charge in [-0.2, -0.15) is 0 Å². The molecule has 6 N–H and O–H groups in total. The zero-order valence-electron chi connectivity index (χ0n) is 21.3. The quantitative estimate of drug-likeness (QED) is 0.194. The molecule has 0 aliphatic rings. The fourth-order valence-corrected chi connectivity index (χ4v) is 3.81. The maximum Gasteiger partial charge on any atom is 0.404 e. The number of ether oxygens (including phenoxy) is 2. The second kappa shape index (κ2) is 15.2. The van der Waals surface area contributed by atoms with Crippen LogP contribution < -0.4 is 16.4 Å². The number of carbonyl (C=O) groups excluding carboxylic acids is 3. The van der Waals surface area contributed by atoms with Crippen LogP contribution in [0.2, 0.25) is 0 Å². The number of aliphatic hydroxyl groups excluding tert-OH is 2. The lowest BCUT2D eigenvalue weighted by molar-refractivity contribution is -0.150. The summed E-state index contributed by atoms with van der Waals surface area (Å²) in [6, 6.07) is 24.8. The van der Waals surface area contributed by atoms with Crippen LogP contribution in [0, 0.1) is 0 Å². The summed E-state index contributed by atoms with van der Waals surface area (Å²) in [5.41, 5.74) is 7.33. The second-order valence-electron chi connectivity index (χ2n) is 8.88. The highest BCUT2D eigenvalue weighted by molar-refractivity contribution is 5.88. The van der Waals surface area contributed by atoms with E-state index in [9.17, 15) is 24.6 Å². The molecule has 3 aromatic rings. The van der Waals surface area contributed by atoms with E-state index in [-0.39, 0.29) is 19.6 Å². The Morgan fingerprint density at radius 3 is 1.87 bits per heavy atom. The monoisotopic (exact) mass is 535 g/mol. The summed E-state index contributed by atoms with van der Waals surface area (Å²) in [6.07, 6.45) is -4.34. The van der Waals surface area contributed by atoms with Gasteiger partial charge in [0.1, 0.15) is 37.5 Å². The predicted octanol–water partition coefficient (Wildman–Crippen LogP) is 1.43. The van der Waals surface area contributed by atoms with E-state index in [1.807, 2.05) is 91.0 Å². The normalized spacial score (nSPS) is 13.9. The molecule has 0 bridgehead atoms. The van der Waals surface area contributed by atoms with Crippen molar-refractivity contribution in [2.24, 2.45) is 5.73 Å². The molecular weight excluding hydrogens is 502 g/mol. The predicted molar refractivity (Wildman–Crippen MR) is 143 cm³/mol. The summed E-state index contributed by atoms with van der Waals surface area (Å²) in [7, 11) is 0. The molecule has 0 heterocycles. The van der Waals surface area contributed by atoms with Gasteiger partial charge in [-0.25, -0.2) is 9.59 Å². The fraction of sp³-hybridized carbons (Fsp3) is 0.276. The van der Waals surface area contributed by atoms with Crippen LogP contribution in [0.3, 0.4) is 0 Å².